The SMILES string of the molecule is COc1ccc(-c2ccc(N)nc2)cc1CN(C(=O)c1sc2ccccc2c1Cl)C1CCC(N(C)C)CC1. The summed E-state index contributed by atoms with van der Waals surface area (Å²) in [4.78, 5) is 23.4. The molecule has 0 spiro atoms. The first-order valence-electron chi connectivity index (χ1n) is 12.9. The first kappa shape index (κ1) is 26.5. The molecule has 198 valence electrons. The highest BCUT2D eigenvalue weighted by Gasteiger charge is 2.33. The maximum Gasteiger partial charge on any atom is 0.266 e. The molecule has 0 bridgehead atoms. The van der Waals surface area contributed by atoms with Crippen molar-refractivity contribution in [3.8, 4) is 16.9 Å². The van der Waals surface area contributed by atoms with Crippen LogP contribution in [0.2, 0.25) is 5.02 Å². The summed E-state index contributed by atoms with van der Waals surface area (Å²) >= 11 is 8.26. The van der Waals surface area contributed by atoms with Crippen LogP contribution < -0.4 is 10.5 Å². The number of methoxy groups -OCH3 is 1. The molecule has 6 nitrogen and oxygen atoms in total. The van der Waals surface area contributed by atoms with Crippen LogP contribution in [0.5, 0.6) is 5.75 Å². The highest BCUT2D eigenvalue weighted by molar-refractivity contribution is 7.21. The van der Waals surface area contributed by atoms with Crippen LogP contribution in [0.15, 0.2) is 60.8 Å². The number of hydrogen-bond donors (Lipinski definition) is 1. The number of ether oxygens (including phenoxy) is 1. The Balaban J connectivity index is 1.52. The Morgan fingerprint density at radius 1 is 1.05 bits per heavy atom. The monoisotopic (exact) mass is 548 g/mol. The van der Waals surface area contributed by atoms with E-state index in [1.54, 1.807) is 19.4 Å². The number of nitrogens with two attached hydrogens (primary N) is 1. The molecule has 0 unspecified atom stereocenters. The van der Waals surface area contributed by atoms with Gasteiger partial charge in [0.1, 0.15) is 16.4 Å². The third-order valence-corrected chi connectivity index (χ3v) is 9.23. The molecule has 0 saturated heterocycles. The minimum Gasteiger partial charge on any atom is -0.496 e. The Hall–Kier alpha value is -3.13. The van der Waals surface area contributed by atoms with E-state index in [2.05, 4.69) is 30.0 Å². The normalized spacial score (nSPS) is 17.6. The van der Waals surface area contributed by atoms with E-state index in [0.717, 1.165) is 58.2 Å². The van der Waals surface area contributed by atoms with Crippen LogP contribution in [0.1, 0.15) is 40.9 Å². The molecule has 2 N–H and O–H groups in total. The number of pyridine rings is 1. The zero-order valence-corrected chi connectivity index (χ0v) is 23.6. The van der Waals surface area contributed by atoms with Crippen LogP contribution >= 0.6 is 22.9 Å². The number of carbonyl (C=O) groups is 1. The standard InChI is InChI=1S/C30H33ClN4O2S/c1-34(2)22-10-12-23(13-11-22)35(30(36)29-28(31)24-6-4-5-7-26(24)38-29)18-21-16-19(8-14-25(21)37-3)20-9-15-27(32)33-17-20/h4-9,14-17,22-23H,10-13,18H2,1-3H3,(H2,32,33). The lowest BCUT2D eigenvalue weighted by Crippen LogP contribution is -2.44. The molecule has 0 radical (unpaired) electrons. The lowest BCUT2D eigenvalue weighted by atomic mass is 9.89. The Morgan fingerprint density at radius 2 is 1.76 bits per heavy atom. The summed E-state index contributed by atoms with van der Waals surface area (Å²) in [5.74, 6) is 1.21. The van der Waals surface area contributed by atoms with Crippen molar-refractivity contribution in [3.05, 3.63) is 76.3 Å². The van der Waals surface area contributed by atoms with Gasteiger partial charge in [0.2, 0.25) is 0 Å². The van der Waals surface area contributed by atoms with Gasteiger partial charge in [-0.05, 0) is 75.7 Å². The summed E-state index contributed by atoms with van der Waals surface area (Å²) in [7, 11) is 5.93. The molecule has 2 aromatic heterocycles. The Kier molecular flexibility index (Phi) is 7.88. The van der Waals surface area contributed by atoms with Crippen molar-refractivity contribution in [2.24, 2.45) is 0 Å². The van der Waals surface area contributed by atoms with E-state index in [-0.39, 0.29) is 11.9 Å². The number of fused-ring (bicyclic) bond motifs is 1. The number of carbonyl (C=O) groups excluding carboxylic acids is 1. The molecule has 8 heteroatoms. The van der Waals surface area contributed by atoms with Crippen LogP contribution in [-0.4, -0.2) is 54.0 Å². The van der Waals surface area contributed by atoms with Crippen LogP contribution in [0.3, 0.4) is 0 Å². The number of benzene rings is 2. The number of thiophene rings is 1. The Labute approximate surface area is 233 Å². The predicted molar refractivity (Wildman–Crippen MR) is 157 cm³/mol. The fraction of sp³-hybridized carbons (Fsp3) is 0.333. The van der Waals surface area contributed by atoms with Crippen molar-refractivity contribution in [3.63, 3.8) is 0 Å². The molecule has 0 aliphatic heterocycles. The second kappa shape index (κ2) is 11.3. The summed E-state index contributed by atoms with van der Waals surface area (Å²) in [5.41, 5.74) is 8.70. The minimum atomic E-state index is -0.0221. The third kappa shape index (κ3) is 5.37. The molecule has 2 heterocycles. The van der Waals surface area contributed by atoms with Gasteiger partial charge >= 0.3 is 0 Å². The van der Waals surface area contributed by atoms with Crippen molar-refractivity contribution in [2.45, 2.75) is 44.3 Å². The number of nitrogen functional groups attached to an aromatic ring is 1. The zero-order valence-electron chi connectivity index (χ0n) is 22.0. The quantitative estimate of drug-likeness (QED) is 0.277. The van der Waals surface area contributed by atoms with Gasteiger partial charge in [-0.1, -0.05) is 35.9 Å². The summed E-state index contributed by atoms with van der Waals surface area (Å²) in [6.45, 7) is 0.431. The molecule has 1 aliphatic carbocycles. The number of nitrogens with zero attached hydrogens (tertiary/aromatic N) is 3. The van der Waals surface area contributed by atoms with Crippen LogP contribution in [-0.2, 0) is 6.54 Å². The number of amides is 1. The summed E-state index contributed by atoms with van der Waals surface area (Å²) in [6.07, 6.45) is 5.76. The number of anilines is 1. The van der Waals surface area contributed by atoms with Gasteiger partial charge in [-0.2, -0.15) is 0 Å². The first-order valence-corrected chi connectivity index (χ1v) is 14.1. The molecule has 2 aromatic carbocycles. The lowest BCUT2D eigenvalue weighted by molar-refractivity contribution is 0.0573. The molecule has 1 fully saturated rings. The molecule has 5 rings (SSSR count). The highest BCUT2D eigenvalue weighted by atomic mass is 35.5. The largest absolute Gasteiger partial charge is 0.496 e. The maximum atomic E-state index is 14.2. The van der Waals surface area contributed by atoms with Gasteiger partial charge in [0, 0.05) is 46.0 Å². The van der Waals surface area contributed by atoms with E-state index in [9.17, 15) is 4.79 Å². The molecular weight excluding hydrogens is 516 g/mol. The smallest absolute Gasteiger partial charge is 0.266 e. The predicted octanol–water partition coefficient (Wildman–Crippen LogP) is 6.72. The average Bonchev–Trinajstić information content (AvgIpc) is 3.28. The minimum absolute atomic E-state index is 0.0221. The number of rotatable bonds is 7. The van der Waals surface area contributed by atoms with Crippen molar-refractivity contribution in [1.29, 1.82) is 0 Å². The van der Waals surface area contributed by atoms with Gasteiger partial charge in [0.25, 0.3) is 5.91 Å². The summed E-state index contributed by atoms with van der Waals surface area (Å²) in [6, 6.07) is 18.4. The second-order valence-electron chi connectivity index (χ2n) is 10.1. The molecular formula is C30H33ClN4O2S. The molecule has 1 saturated carbocycles. The molecule has 4 aromatic rings. The van der Waals surface area contributed by atoms with Gasteiger partial charge in [-0.3, -0.25) is 4.79 Å². The third-order valence-electron chi connectivity index (χ3n) is 7.57. The van der Waals surface area contributed by atoms with E-state index in [1.165, 1.54) is 11.3 Å². The summed E-state index contributed by atoms with van der Waals surface area (Å²) in [5, 5.41) is 1.46. The maximum absolute atomic E-state index is 14.2. The van der Waals surface area contributed by atoms with E-state index in [4.69, 9.17) is 22.1 Å². The van der Waals surface area contributed by atoms with Crippen LogP contribution in [0.25, 0.3) is 21.2 Å². The fourth-order valence-corrected chi connectivity index (χ4v) is 6.84. The van der Waals surface area contributed by atoms with Gasteiger partial charge in [-0.25, -0.2) is 4.98 Å². The lowest BCUT2D eigenvalue weighted by Gasteiger charge is -2.39. The van der Waals surface area contributed by atoms with Gasteiger partial charge < -0.3 is 20.3 Å². The Bertz CT molecular complexity index is 1430. The van der Waals surface area contributed by atoms with Gasteiger partial charge in [0.15, 0.2) is 0 Å². The highest BCUT2D eigenvalue weighted by Crippen LogP contribution is 2.38. The van der Waals surface area contributed by atoms with E-state index in [0.29, 0.717) is 28.3 Å². The van der Waals surface area contributed by atoms with Crippen LogP contribution in [0.4, 0.5) is 5.82 Å². The van der Waals surface area contributed by atoms with E-state index < -0.39 is 0 Å². The Morgan fingerprint density at radius 3 is 2.42 bits per heavy atom. The van der Waals surface area contributed by atoms with Crippen LogP contribution in [0, 0.1) is 0 Å². The average molecular weight is 549 g/mol. The number of aromatic nitrogens is 1. The van der Waals surface area contributed by atoms with E-state index in [1.807, 2.05) is 47.4 Å². The number of hydrogen-bond acceptors (Lipinski definition) is 6. The molecule has 1 aliphatic rings. The van der Waals surface area contributed by atoms with Crippen molar-refractivity contribution in [1.82, 2.24) is 14.8 Å². The van der Waals surface area contributed by atoms with Gasteiger partial charge in [-0.15, -0.1) is 11.3 Å². The van der Waals surface area contributed by atoms with Crippen molar-refractivity contribution < 1.29 is 9.53 Å². The number of halogens is 1. The fourth-order valence-electron chi connectivity index (χ4n) is 5.38. The van der Waals surface area contributed by atoms with Crippen molar-refractivity contribution in [2.75, 3.05) is 26.9 Å². The molecule has 1 amide bonds. The van der Waals surface area contributed by atoms with E-state index >= 15 is 0 Å². The van der Waals surface area contributed by atoms with Crippen molar-refractivity contribution >= 4 is 44.7 Å². The second-order valence-corrected chi connectivity index (χ2v) is 11.5. The van der Waals surface area contributed by atoms with Gasteiger partial charge in [0.05, 0.1) is 12.1 Å². The topological polar surface area (TPSA) is 71.7 Å². The summed E-state index contributed by atoms with van der Waals surface area (Å²) < 4.78 is 6.77. The first-order chi connectivity index (χ1) is 18.4. The molecule has 38 heavy (non-hydrogen) atoms. The zero-order chi connectivity index (χ0) is 26.8. The molecule has 0 atom stereocenters.